The summed E-state index contributed by atoms with van der Waals surface area (Å²) in [6.45, 7) is 7.13. The molecule has 0 unspecified atom stereocenters. The highest BCUT2D eigenvalue weighted by Crippen LogP contribution is 2.33. The zero-order valence-corrected chi connectivity index (χ0v) is 17.2. The number of aromatic nitrogens is 2. The summed E-state index contributed by atoms with van der Waals surface area (Å²) in [5.74, 6) is 0.535. The van der Waals surface area contributed by atoms with Crippen LogP contribution in [0.5, 0.6) is 5.75 Å². The highest BCUT2D eigenvalue weighted by Gasteiger charge is 2.23. The Morgan fingerprint density at radius 1 is 1.18 bits per heavy atom. The third kappa shape index (κ3) is 4.72. The summed E-state index contributed by atoms with van der Waals surface area (Å²) in [6, 6.07) is 13.3. The van der Waals surface area contributed by atoms with Gasteiger partial charge in [-0.3, -0.25) is 8.75 Å². The summed E-state index contributed by atoms with van der Waals surface area (Å²) in [4.78, 5) is 13.9. The second-order valence-corrected chi connectivity index (χ2v) is 8.42. The van der Waals surface area contributed by atoms with Crippen LogP contribution in [0.3, 0.4) is 0 Å². The fourth-order valence-electron chi connectivity index (χ4n) is 2.76. The van der Waals surface area contributed by atoms with E-state index in [4.69, 9.17) is 4.74 Å². The largest absolute Gasteiger partial charge is 0.619 e. The summed E-state index contributed by atoms with van der Waals surface area (Å²) in [7, 11) is 0. The Morgan fingerprint density at radius 2 is 1.93 bits per heavy atom. The van der Waals surface area contributed by atoms with E-state index >= 15 is 0 Å². The lowest BCUT2D eigenvalue weighted by atomic mass is 10.1. The van der Waals surface area contributed by atoms with Gasteiger partial charge in [-0.05, 0) is 38.8 Å². The lowest BCUT2D eigenvalue weighted by Crippen LogP contribution is -2.30. The molecule has 0 aliphatic carbocycles. The smallest absolute Gasteiger partial charge is 0.285 e. The topological polar surface area (TPSA) is 70.2 Å². The first kappa shape index (κ1) is 19.9. The summed E-state index contributed by atoms with van der Waals surface area (Å²) < 4.78 is 8.11. The summed E-state index contributed by atoms with van der Waals surface area (Å²) in [5.41, 5.74) is 1.36. The molecule has 0 fully saturated rings. The third-order valence-electron chi connectivity index (χ3n) is 4.09. The van der Waals surface area contributed by atoms with Crippen molar-refractivity contribution in [3.05, 3.63) is 70.4 Å². The molecule has 0 bridgehead atoms. The third-order valence-corrected chi connectivity index (χ3v) is 5.61. The standard InChI is InChI=1S/C21H25N3O3S/c1-21(2,3)24-20(25)18(19(28-24)16-9-5-4-6-10-16)22-12-8-14-27-17-11-7-13-23(26)15-17/h4-7,9-11,13,15,22H,8,12,14H2,1-3H3. The molecule has 3 rings (SSSR count). The second kappa shape index (κ2) is 8.48. The molecule has 1 aromatic carbocycles. The van der Waals surface area contributed by atoms with E-state index in [1.807, 2.05) is 55.1 Å². The molecule has 0 radical (unpaired) electrons. The van der Waals surface area contributed by atoms with Crippen LogP contribution in [0.4, 0.5) is 5.69 Å². The van der Waals surface area contributed by atoms with Gasteiger partial charge < -0.3 is 15.3 Å². The van der Waals surface area contributed by atoms with E-state index in [0.717, 1.165) is 10.4 Å². The number of nitrogens with one attached hydrogen (secondary N) is 1. The number of nitrogens with zero attached hydrogens (tertiary/aromatic N) is 2. The Bertz CT molecular complexity index is 975. The normalized spacial score (nSPS) is 11.4. The number of pyridine rings is 1. The average Bonchev–Trinajstić information content (AvgIpc) is 2.99. The highest BCUT2D eigenvalue weighted by molar-refractivity contribution is 7.11. The molecular formula is C21H25N3O3S. The van der Waals surface area contributed by atoms with Crippen molar-refractivity contribution in [2.75, 3.05) is 18.5 Å². The molecule has 6 nitrogen and oxygen atoms in total. The van der Waals surface area contributed by atoms with Crippen molar-refractivity contribution in [1.29, 1.82) is 0 Å². The van der Waals surface area contributed by atoms with Crippen LogP contribution in [-0.2, 0) is 5.54 Å². The van der Waals surface area contributed by atoms with Gasteiger partial charge in [0.1, 0.15) is 5.69 Å². The molecule has 0 saturated heterocycles. The number of hydrogen-bond donors (Lipinski definition) is 1. The Hall–Kier alpha value is -2.80. The Morgan fingerprint density at radius 3 is 2.61 bits per heavy atom. The maximum absolute atomic E-state index is 13.0. The molecule has 2 aromatic heterocycles. The van der Waals surface area contributed by atoms with Crippen LogP contribution in [0.2, 0.25) is 0 Å². The van der Waals surface area contributed by atoms with Crippen LogP contribution in [-0.4, -0.2) is 17.1 Å². The molecule has 28 heavy (non-hydrogen) atoms. The maximum atomic E-state index is 13.0. The zero-order chi connectivity index (χ0) is 20.1. The number of benzene rings is 1. The quantitative estimate of drug-likeness (QED) is 0.372. The first-order valence-electron chi connectivity index (χ1n) is 9.24. The summed E-state index contributed by atoms with van der Waals surface area (Å²) >= 11 is 1.48. The van der Waals surface area contributed by atoms with Crippen molar-refractivity contribution in [1.82, 2.24) is 3.96 Å². The first-order chi connectivity index (χ1) is 13.4. The fraction of sp³-hybridized carbons (Fsp3) is 0.333. The molecule has 2 heterocycles. The fourth-order valence-corrected chi connectivity index (χ4v) is 3.88. The maximum Gasteiger partial charge on any atom is 0.285 e. The Balaban J connectivity index is 1.70. The summed E-state index contributed by atoms with van der Waals surface area (Å²) in [5, 5.41) is 14.5. The van der Waals surface area contributed by atoms with Crippen molar-refractivity contribution < 1.29 is 9.47 Å². The molecule has 0 aliphatic heterocycles. The molecular weight excluding hydrogens is 374 g/mol. The average molecular weight is 400 g/mol. The lowest BCUT2D eigenvalue weighted by Gasteiger charge is -2.18. The second-order valence-electron chi connectivity index (χ2n) is 7.46. The van der Waals surface area contributed by atoms with Crippen molar-refractivity contribution in [3.63, 3.8) is 0 Å². The van der Waals surface area contributed by atoms with Crippen LogP contribution in [0.25, 0.3) is 10.4 Å². The van der Waals surface area contributed by atoms with Crippen molar-refractivity contribution in [2.45, 2.75) is 32.7 Å². The van der Waals surface area contributed by atoms with Gasteiger partial charge in [-0.15, -0.1) is 0 Å². The van der Waals surface area contributed by atoms with Crippen LogP contribution in [0, 0.1) is 5.21 Å². The van der Waals surface area contributed by atoms with Crippen LogP contribution in [0.15, 0.2) is 59.7 Å². The van der Waals surface area contributed by atoms with Crippen molar-refractivity contribution in [3.8, 4) is 16.2 Å². The molecule has 0 amide bonds. The minimum atomic E-state index is -0.282. The van der Waals surface area contributed by atoms with Gasteiger partial charge in [0, 0.05) is 12.6 Å². The molecule has 0 aliphatic rings. The lowest BCUT2D eigenvalue weighted by molar-refractivity contribution is -0.605. The molecule has 1 N–H and O–H groups in total. The van der Waals surface area contributed by atoms with Crippen molar-refractivity contribution in [2.24, 2.45) is 0 Å². The monoisotopic (exact) mass is 399 g/mol. The number of rotatable bonds is 7. The van der Waals surface area contributed by atoms with Gasteiger partial charge in [0.05, 0.1) is 17.0 Å². The minimum absolute atomic E-state index is 0.00673. The molecule has 148 valence electrons. The molecule has 0 spiro atoms. The van der Waals surface area contributed by atoms with Gasteiger partial charge in [0.15, 0.2) is 11.9 Å². The zero-order valence-electron chi connectivity index (χ0n) is 16.3. The molecule has 0 saturated carbocycles. The van der Waals surface area contributed by atoms with E-state index in [-0.39, 0.29) is 11.1 Å². The molecule has 7 heteroatoms. The Kier molecular flexibility index (Phi) is 6.04. The van der Waals surface area contributed by atoms with Crippen LogP contribution in [0.1, 0.15) is 27.2 Å². The van der Waals surface area contributed by atoms with Gasteiger partial charge in [-0.1, -0.05) is 41.9 Å². The van der Waals surface area contributed by atoms with Gasteiger partial charge in [0.25, 0.3) is 5.56 Å². The first-order valence-corrected chi connectivity index (χ1v) is 10.0. The van der Waals surface area contributed by atoms with Crippen LogP contribution >= 0.6 is 11.5 Å². The Labute approximate surface area is 168 Å². The predicted molar refractivity (Wildman–Crippen MR) is 113 cm³/mol. The van der Waals surface area contributed by atoms with E-state index in [1.165, 1.54) is 23.9 Å². The van der Waals surface area contributed by atoms with E-state index < -0.39 is 0 Å². The van der Waals surface area contributed by atoms with E-state index in [0.29, 0.717) is 35.7 Å². The van der Waals surface area contributed by atoms with Crippen LogP contribution < -0.4 is 20.3 Å². The van der Waals surface area contributed by atoms with Gasteiger partial charge in [0.2, 0.25) is 6.20 Å². The van der Waals surface area contributed by atoms with Crippen molar-refractivity contribution >= 4 is 17.2 Å². The van der Waals surface area contributed by atoms with E-state index in [9.17, 15) is 10.0 Å². The molecule has 3 aromatic rings. The SMILES string of the molecule is CC(C)(C)n1sc(-c2ccccc2)c(NCCCOc2ccc[n+]([O-])c2)c1=O. The summed E-state index contributed by atoms with van der Waals surface area (Å²) in [6.07, 6.45) is 3.50. The van der Waals surface area contributed by atoms with Gasteiger partial charge in [-0.25, -0.2) is 0 Å². The highest BCUT2D eigenvalue weighted by atomic mass is 32.1. The number of anilines is 1. The minimum Gasteiger partial charge on any atom is -0.619 e. The number of ether oxygens (including phenoxy) is 1. The van der Waals surface area contributed by atoms with E-state index in [1.54, 1.807) is 12.1 Å². The number of hydrogen-bond acceptors (Lipinski definition) is 5. The predicted octanol–water partition coefficient (Wildman–Crippen LogP) is 3.85. The van der Waals surface area contributed by atoms with Gasteiger partial charge in [-0.2, -0.15) is 4.73 Å². The van der Waals surface area contributed by atoms with E-state index in [2.05, 4.69) is 5.32 Å². The van der Waals surface area contributed by atoms with Gasteiger partial charge >= 0.3 is 0 Å². The molecule has 0 atom stereocenters.